The Balaban J connectivity index is 2.26. The maximum absolute atomic E-state index is 11.1. The van der Waals surface area contributed by atoms with Crippen LogP contribution in [-0.2, 0) is 0 Å². The standard InChI is InChI=1S/C22H31NO2/c1-4-15-23(16-5-2)17-21(18-9-7-6-8-10-18)22(24)19-11-13-20(25-3)14-12-19/h6-14,21-22,24H,4-5,15-17H2,1-3H3. The minimum atomic E-state index is -0.537. The molecule has 0 saturated heterocycles. The molecule has 0 heterocycles. The first-order valence-electron chi connectivity index (χ1n) is 9.28. The Kier molecular flexibility index (Phi) is 7.96. The molecule has 2 aromatic rings. The van der Waals surface area contributed by atoms with Crippen molar-refractivity contribution >= 4 is 0 Å². The van der Waals surface area contributed by atoms with Gasteiger partial charge in [-0.1, -0.05) is 56.3 Å². The largest absolute Gasteiger partial charge is 0.497 e. The molecule has 2 unspecified atom stereocenters. The summed E-state index contributed by atoms with van der Waals surface area (Å²) < 4.78 is 5.23. The molecule has 0 fully saturated rings. The fourth-order valence-electron chi connectivity index (χ4n) is 3.33. The second kappa shape index (κ2) is 10.2. The normalized spacial score (nSPS) is 13.6. The summed E-state index contributed by atoms with van der Waals surface area (Å²) in [6, 6.07) is 18.1. The van der Waals surface area contributed by atoms with E-state index in [1.165, 1.54) is 5.56 Å². The summed E-state index contributed by atoms with van der Waals surface area (Å²) in [6.07, 6.45) is 1.71. The summed E-state index contributed by atoms with van der Waals surface area (Å²) in [5.41, 5.74) is 2.12. The zero-order valence-electron chi connectivity index (χ0n) is 15.7. The molecule has 0 aromatic heterocycles. The summed E-state index contributed by atoms with van der Waals surface area (Å²) in [6.45, 7) is 7.40. The van der Waals surface area contributed by atoms with Gasteiger partial charge in [-0.25, -0.2) is 0 Å². The number of benzene rings is 2. The van der Waals surface area contributed by atoms with Crippen LogP contribution >= 0.6 is 0 Å². The first kappa shape index (κ1) is 19.5. The molecule has 2 atom stereocenters. The van der Waals surface area contributed by atoms with Crippen molar-refractivity contribution in [2.24, 2.45) is 0 Å². The molecule has 0 radical (unpaired) electrons. The molecule has 0 spiro atoms. The predicted octanol–water partition coefficient (Wildman–Crippen LogP) is 4.63. The van der Waals surface area contributed by atoms with Crippen molar-refractivity contribution in [3.63, 3.8) is 0 Å². The third kappa shape index (κ3) is 5.58. The van der Waals surface area contributed by atoms with Gasteiger partial charge in [-0.05, 0) is 49.2 Å². The van der Waals surface area contributed by atoms with Crippen molar-refractivity contribution in [2.45, 2.75) is 38.7 Å². The van der Waals surface area contributed by atoms with Crippen LogP contribution in [0, 0.1) is 0 Å². The zero-order valence-corrected chi connectivity index (χ0v) is 15.7. The van der Waals surface area contributed by atoms with E-state index in [0.717, 1.165) is 43.8 Å². The Bertz CT molecular complexity index is 591. The van der Waals surface area contributed by atoms with Gasteiger partial charge in [-0.3, -0.25) is 0 Å². The molecule has 2 rings (SSSR count). The summed E-state index contributed by atoms with van der Waals surface area (Å²) in [7, 11) is 1.66. The van der Waals surface area contributed by atoms with Gasteiger partial charge in [0.25, 0.3) is 0 Å². The quantitative estimate of drug-likeness (QED) is 0.683. The molecule has 0 aliphatic carbocycles. The number of aliphatic hydroxyl groups is 1. The van der Waals surface area contributed by atoms with Crippen molar-refractivity contribution in [3.05, 3.63) is 65.7 Å². The van der Waals surface area contributed by atoms with E-state index in [-0.39, 0.29) is 5.92 Å². The van der Waals surface area contributed by atoms with E-state index in [1.807, 2.05) is 42.5 Å². The average Bonchev–Trinajstić information content (AvgIpc) is 2.66. The zero-order chi connectivity index (χ0) is 18.1. The van der Waals surface area contributed by atoms with Crippen molar-refractivity contribution in [3.8, 4) is 5.75 Å². The molecule has 0 amide bonds. The fourth-order valence-corrected chi connectivity index (χ4v) is 3.33. The molecule has 0 saturated carbocycles. The third-order valence-corrected chi connectivity index (χ3v) is 4.60. The van der Waals surface area contributed by atoms with Crippen LogP contribution in [0.15, 0.2) is 54.6 Å². The van der Waals surface area contributed by atoms with Gasteiger partial charge in [-0.2, -0.15) is 0 Å². The van der Waals surface area contributed by atoms with Crippen molar-refractivity contribution in [2.75, 3.05) is 26.7 Å². The minimum Gasteiger partial charge on any atom is -0.497 e. The van der Waals surface area contributed by atoms with E-state index in [2.05, 4.69) is 30.9 Å². The van der Waals surface area contributed by atoms with Crippen LogP contribution in [0.5, 0.6) is 5.75 Å². The number of rotatable bonds is 10. The highest BCUT2D eigenvalue weighted by molar-refractivity contribution is 5.31. The number of aliphatic hydroxyl groups excluding tert-OH is 1. The van der Waals surface area contributed by atoms with Crippen LogP contribution in [0.25, 0.3) is 0 Å². The Morgan fingerprint density at radius 2 is 1.48 bits per heavy atom. The van der Waals surface area contributed by atoms with Gasteiger partial charge in [0.05, 0.1) is 13.2 Å². The lowest BCUT2D eigenvalue weighted by atomic mass is 9.88. The highest BCUT2D eigenvalue weighted by Crippen LogP contribution is 2.32. The van der Waals surface area contributed by atoms with Crippen LogP contribution in [0.4, 0.5) is 0 Å². The molecule has 0 bridgehead atoms. The topological polar surface area (TPSA) is 32.7 Å². The Hall–Kier alpha value is -1.84. The summed E-state index contributed by atoms with van der Waals surface area (Å²) in [5, 5.41) is 11.1. The Labute approximate surface area is 152 Å². The molecule has 3 nitrogen and oxygen atoms in total. The highest BCUT2D eigenvalue weighted by atomic mass is 16.5. The lowest BCUT2D eigenvalue weighted by molar-refractivity contribution is 0.116. The second-order valence-corrected chi connectivity index (χ2v) is 6.54. The predicted molar refractivity (Wildman–Crippen MR) is 104 cm³/mol. The van der Waals surface area contributed by atoms with Gasteiger partial charge in [0.15, 0.2) is 0 Å². The van der Waals surface area contributed by atoms with Gasteiger partial charge in [0.1, 0.15) is 5.75 Å². The van der Waals surface area contributed by atoms with Gasteiger partial charge >= 0.3 is 0 Å². The van der Waals surface area contributed by atoms with Gasteiger partial charge in [-0.15, -0.1) is 0 Å². The van der Waals surface area contributed by atoms with Gasteiger partial charge < -0.3 is 14.7 Å². The Morgan fingerprint density at radius 1 is 0.880 bits per heavy atom. The van der Waals surface area contributed by atoms with Gasteiger partial charge in [0.2, 0.25) is 0 Å². The average molecular weight is 341 g/mol. The van der Waals surface area contributed by atoms with E-state index in [4.69, 9.17) is 4.74 Å². The van der Waals surface area contributed by atoms with Crippen molar-refractivity contribution in [1.29, 1.82) is 0 Å². The van der Waals surface area contributed by atoms with E-state index in [9.17, 15) is 5.11 Å². The molecule has 0 aliphatic rings. The SMILES string of the molecule is CCCN(CCC)CC(c1ccccc1)C(O)c1ccc(OC)cc1. The van der Waals surface area contributed by atoms with E-state index in [1.54, 1.807) is 7.11 Å². The van der Waals surface area contributed by atoms with Crippen molar-refractivity contribution < 1.29 is 9.84 Å². The molecular formula is C22H31NO2. The first-order chi connectivity index (χ1) is 12.2. The van der Waals surface area contributed by atoms with Crippen molar-refractivity contribution in [1.82, 2.24) is 4.90 Å². The van der Waals surface area contributed by atoms with Crippen LogP contribution in [-0.4, -0.2) is 36.8 Å². The number of hydrogen-bond acceptors (Lipinski definition) is 3. The summed E-state index contributed by atoms with van der Waals surface area (Å²) in [5.74, 6) is 0.860. The van der Waals surface area contributed by atoms with Crippen LogP contribution in [0.2, 0.25) is 0 Å². The van der Waals surface area contributed by atoms with Crippen LogP contribution < -0.4 is 4.74 Å². The molecule has 0 aliphatic heterocycles. The van der Waals surface area contributed by atoms with E-state index < -0.39 is 6.10 Å². The molecule has 136 valence electrons. The summed E-state index contributed by atoms with van der Waals surface area (Å²) >= 11 is 0. The molecular weight excluding hydrogens is 310 g/mol. The monoisotopic (exact) mass is 341 g/mol. The number of methoxy groups -OCH3 is 1. The lowest BCUT2D eigenvalue weighted by Gasteiger charge is -2.30. The first-order valence-corrected chi connectivity index (χ1v) is 9.28. The highest BCUT2D eigenvalue weighted by Gasteiger charge is 2.25. The molecule has 25 heavy (non-hydrogen) atoms. The van der Waals surface area contributed by atoms with E-state index >= 15 is 0 Å². The fraction of sp³-hybridized carbons (Fsp3) is 0.455. The molecule has 1 N–H and O–H groups in total. The maximum Gasteiger partial charge on any atom is 0.118 e. The Morgan fingerprint density at radius 3 is 2.00 bits per heavy atom. The van der Waals surface area contributed by atoms with Gasteiger partial charge in [0, 0.05) is 12.5 Å². The second-order valence-electron chi connectivity index (χ2n) is 6.54. The van der Waals surface area contributed by atoms with Crippen LogP contribution in [0.3, 0.4) is 0 Å². The number of hydrogen-bond donors (Lipinski definition) is 1. The van der Waals surface area contributed by atoms with Crippen LogP contribution in [0.1, 0.15) is 49.8 Å². The van der Waals surface area contributed by atoms with E-state index in [0.29, 0.717) is 0 Å². The lowest BCUT2D eigenvalue weighted by Crippen LogP contribution is -2.32. The molecule has 2 aromatic carbocycles. The smallest absolute Gasteiger partial charge is 0.118 e. The minimum absolute atomic E-state index is 0.0488. The number of ether oxygens (including phenoxy) is 1. The maximum atomic E-state index is 11.1. The third-order valence-electron chi connectivity index (χ3n) is 4.60. The number of nitrogens with zero attached hydrogens (tertiary/aromatic N) is 1. The molecule has 3 heteroatoms. The summed E-state index contributed by atoms with van der Waals surface area (Å²) in [4.78, 5) is 2.46.